The number of nitrogens with one attached hydrogen (secondary N) is 2. The highest BCUT2D eigenvalue weighted by Crippen LogP contribution is 2.16. The lowest BCUT2D eigenvalue weighted by atomic mass is 10.2. The van der Waals surface area contributed by atoms with Gasteiger partial charge >= 0.3 is 0 Å². The van der Waals surface area contributed by atoms with E-state index in [0.29, 0.717) is 25.3 Å². The Morgan fingerprint density at radius 3 is 2.61 bits per heavy atom. The molecule has 0 saturated carbocycles. The lowest BCUT2D eigenvalue weighted by molar-refractivity contribution is 0.0946. The summed E-state index contributed by atoms with van der Waals surface area (Å²) in [5.41, 5.74) is 2.31. The van der Waals surface area contributed by atoms with Crippen molar-refractivity contribution in [3.8, 4) is 11.5 Å². The summed E-state index contributed by atoms with van der Waals surface area (Å²) in [5, 5.41) is 6.06. The molecule has 0 bridgehead atoms. The smallest absolute Gasteiger partial charge is 0.253 e. The third-order valence-corrected chi connectivity index (χ3v) is 3.94. The molecule has 1 amide bonds. The number of hydrogen-bond donors (Lipinski definition) is 2. The molecule has 0 unspecified atom stereocenters. The van der Waals surface area contributed by atoms with Crippen LogP contribution in [0.4, 0.5) is 5.69 Å². The van der Waals surface area contributed by atoms with Crippen molar-refractivity contribution >= 4 is 11.6 Å². The van der Waals surface area contributed by atoms with Gasteiger partial charge < -0.3 is 20.1 Å². The molecule has 3 aromatic rings. The quantitative estimate of drug-likeness (QED) is 0.557. The van der Waals surface area contributed by atoms with E-state index >= 15 is 0 Å². The lowest BCUT2D eigenvalue weighted by Gasteiger charge is -2.10. The van der Waals surface area contributed by atoms with Crippen LogP contribution >= 0.6 is 0 Å². The molecular weight excluding hydrogens is 356 g/mol. The van der Waals surface area contributed by atoms with Gasteiger partial charge in [-0.3, -0.25) is 14.8 Å². The van der Waals surface area contributed by atoms with Crippen LogP contribution in [-0.4, -0.2) is 36.1 Å². The van der Waals surface area contributed by atoms with Crippen LogP contribution < -0.4 is 20.1 Å². The first-order chi connectivity index (χ1) is 13.7. The van der Waals surface area contributed by atoms with Crippen molar-refractivity contribution in [1.29, 1.82) is 0 Å². The summed E-state index contributed by atoms with van der Waals surface area (Å²) in [7, 11) is 1.61. The minimum absolute atomic E-state index is 0.198. The molecule has 0 aliphatic heterocycles. The highest BCUT2D eigenvalue weighted by Gasteiger charge is 2.07. The van der Waals surface area contributed by atoms with Crippen molar-refractivity contribution in [2.45, 2.75) is 6.54 Å². The average Bonchev–Trinajstić information content (AvgIpc) is 2.76. The van der Waals surface area contributed by atoms with Gasteiger partial charge in [-0.1, -0.05) is 6.07 Å². The Balaban J connectivity index is 1.44. The fourth-order valence-electron chi connectivity index (χ4n) is 2.48. The Labute approximate surface area is 163 Å². The van der Waals surface area contributed by atoms with Crippen LogP contribution in [0, 0.1) is 0 Å². The normalized spacial score (nSPS) is 10.2. The first-order valence-corrected chi connectivity index (χ1v) is 8.87. The van der Waals surface area contributed by atoms with Crippen molar-refractivity contribution in [1.82, 2.24) is 15.3 Å². The fraction of sp³-hybridized carbons (Fsp3) is 0.190. The zero-order chi connectivity index (χ0) is 19.6. The number of aromatic nitrogens is 2. The number of ether oxygens (including phenoxy) is 2. The van der Waals surface area contributed by atoms with E-state index in [1.165, 1.54) is 6.20 Å². The van der Waals surface area contributed by atoms with Crippen molar-refractivity contribution < 1.29 is 14.3 Å². The van der Waals surface area contributed by atoms with Gasteiger partial charge in [0, 0.05) is 31.3 Å². The second-order valence-electron chi connectivity index (χ2n) is 5.96. The molecular formula is C21H22N4O3. The van der Waals surface area contributed by atoms with E-state index in [2.05, 4.69) is 20.6 Å². The standard InChI is InChI=1S/C21H22N4O3/c1-27-19-4-6-20(7-5-19)28-10-9-24-21(26)17-11-18(15-23-14-17)25-13-16-3-2-8-22-12-16/h2-8,11-12,14-15,25H,9-10,13H2,1H3,(H,24,26). The van der Waals surface area contributed by atoms with Crippen LogP contribution in [0.15, 0.2) is 67.3 Å². The van der Waals surface area contributed by atoms with E-state index in [9.17, 15) is 4.79 Å². The van der Waals surface area contributed by atoms with Gasteiger partial charge in [0.25, 0.3) is 5.91 Å². The number of carbonyl (C=O) groups excluding carboxylic acids is 1. The van der Waals surface area contributed by atoms with E-state index in [0.717, 1.165) is 22.7 Å². The number of methoxy groups -OCH3 is 1. The van der Waals surface area contributed by atoms with Crippen molar-refractivity contribution in [3.63, 3.8) is 0 Å². The molecule has 2 aromatic heterocycles. The fourth-order valence-corrected chi connectivity index (χ4v) is 2.48. The van der Waals surface area contributed by atoms with Crippen LogP contribution in [0.3, 0.4) is 0 Å². The first kappa shape index (κ1) is 19.2. The van der Waals surface area contributed by atoms with Crippen molar-refractivity contribution in [3.05, 3.63) is 78.4 Å². The van der Waals surface area contributed by atoms with Crippen LogP contribution in [0.25, 0.3) is 0 Å². The minimum atomic E-state index is -0.198. The van der Waals surface area contributed by atoms with Gasteiger partial charge in [0.05, 0.1) is 24.9 Å². The number of hydrogen-bond acceptors (Lipinski definition) is 6. The summed E-state index contributed by atoms with van der Waals surface area (Å²) in [6.45, 7) is 1.36. The summed E-state index contributed by atoms with van der Waals surface area (Å²) in [6, 6.07) is 12.9. The maximum Gasteiger partial charge on any atom is 0.253 e. The van der Waals surface area contributed by atoms with Gasteiger partial charge in [-0.2, -0.15) is 0 Å². The maximum atomic E-state index is 12.3. The molecule has 0 fully saturated rings. The topological polar surface area (TPSA) is 85.4 Å². The maximum absolute atomic E-state index is 12.3. The third-order valence-electron chi connectivity index (χ3n) is 3.94. The van der Waals surface area contributed by atoms with Gasteiger partial charge in [-0.05, 0) is 42.0 Å². The molecule has 28 heavy (non-hydrogen) atoms. The van der Waals surface area contributed by atoms with E-state index in [-0.39, 0.29) is 5.91 Å². The number of anilines is 1. The summed E-state index contributed by atoms with van der Waals surface area (Å²) in [6.07, 6.45) is 6.74. The molecule has 1 aromatic carbocycles. The van der Waals surface area contributed by atoms with E-state index in [1.54, 1.807) is 31.8 Å². The Morgan fingerprint density at radius 1 is 1.04 bits per heavy atom. The van der Waals surface area contributed by atoms with Crippen LogP contribution in [-0.2, 0) is 6.54 Å². The molecule has 144 valence electrons. The predicted molar refractivity (Wildman–Crippen MR) is 107 cm³/mol. The Bertz CT molecular complexity index is 886. The van der Waals surface area contributed by atoms with Crippen LogP contribution in [0.2, 0.25) is 0 Å². The highest BCUT2D eigenvalue weighted by molar-refractivity contribution is 5.94. The van der Waals surface area contributed by atoms with Gasteiger partial charge in [0.15, 0.2) is 0 Å². The van der Waals surface area contributed by atoms with E-state index in [1.807, 2.05) is 36.4 Å². The zero-order valence-electron chi connectivity index (χ0n) is 15.6. The van der Waals surface area contributed by atoms with Gasteiger partial charge in [0.1, 0.15) is 18.1 Å². The molecule has 0 aliphatic carbocycles. The third kappa shape index (κ3) is 5.70. The summed E-state index contributed by atoms with van der Waals surface area (Å²) < 4.78 is 10.7. The summed E-state index contributed by atoms with van der Waals surface area (Å²) >= 11 is 0. The Kier molecular flexibility index (Phi) is 6.78. The van der Waals surface area contributed by atoms with Gasteiger partial charge in [0.2, 0.25) is 0 Å². The first-order valence-electron chi connectivity index (χ1n) is 8.87. The lowest BCUT2D eigenvalue weighted by Crippen LogP contribution is -2.28. The molecule has 3 rings (SSSR count). The number of carbonyl (C=O) groups is 1. The number of amides is 1. The SMILES string of the molecule is COc1ccc(OCCNC(=O)c2cncc(NCc3cccnc3)c2)cc1. The van der Waals surface area contributed by atoms with Crippen molar-refractivity contribution in [2.75, 3.05) is 25.6 Å². The predicted octanol–water partition coefficient (Wildman–Crippen LogP) is 2.91. The monoisotopic (exact) mass is 378 g/mol. The Morgan fingerprint density at radius 2 is 1.86 bits per heavy atom. The molecule has 7 heteroatoms. The molecule has 0 atom stereocenters. The average molecular weight is 378 g/mol. The highest BCUT2D eigenvalue weighted by atomic mass is 16.5. The van der Waals surface area contributed by atoms with Gasteiger partial charge in [-0.15, -0.1) is 0 Å². The second-order valence-corrected chi connectivity index (χ2v) is 5.96. The molecule has 7 nitrogen and oxygen atoms in total. The number of benzene rings is 1. The summed E-state index contributed by atoms with van der Waals surface area (Å²) in [4.78, 5) is 20.5. The molecule has 0 radical (unpaired) electrons. The molecule has 2 N–H and O–H groups in total. The minimum Gasteiger partial charge on any atom is -0.497 e. The largest absolute Gasteiger partial charge is 0.497 e. The summed E-state index contributed by atoms with van der Waals surface area (Å²) in [5.74, 6) is 1.29. The second kappa shape index (κ2) is 9.91. The van der Waals surface area contributed by atoms with Crippen LogP contribution in [0.1, 0.15) is 15.9 Å². The molecule has 0 saturated heterocycles. The van der Waals surface area contributed by atoms with Gasteiger partial charge in [-0.25, -0.2) is 0 Å². The number of rotatable bonds is 9. The Hall–Kier alpha value is -3.61. The molecule has 2 heterocycles. The zero-order valence-corrected chi connectivity index (χ0v) is 15.6. The van der Waals surface area contributed by atoms with Crippen molar-refractivity contribution in [2.24, 2.45) is 0 Å². The van der Waals surface area contributed by atoms with E-state index in [4.69, 9.17) is 9.47 Å². The number of nitrogens with zero attached hydrogens (tertiary/aromatic N) is 2. The molecule has 0 spiro atoms. The van der Waals surface area contributed by atoms with E-state index < -0.39 is 0 Å². The molecule has 0 aliphatic rings. The van der Waals surface area contributed by atoms with Crippen LogP contribution in [0.5, 0.6) is 11.5 Å². The number of pyridine rings is 2.